The first kappa shape index (κ1) is 19.3. The molecule has 1 amide bonds. The number of amides is 1. The first-order valence-electron chi connectivity index (χ1n) is 9.53. The van der Waals surface area contributed by atoms with Crippen molar-refractivity contribution < 1.29 is 22.9 Å². The van der Waals surface area contributed by atoms with Crippen molar-refractivity contribution in [1.82, 2.24) is 15.0 Å². The molecule has 0 spiro atoms. The molecule has 2 aromatic heterocycles. The van der Waals surface area contributed by atoms with Crippen LogP contribution in [0.2, 0.25) is 0 Å². The van der Waals surface area contributed by atoms with Gasteiger partial charge in [-0.1, -0.05) is 5.16 Å². The van der Waals surface area contributed by atoms with Gasteiger partial charge in [0.25, 0.3) is 11.8 Å². The second-order valence-electron chi connectivity index (χ2n) is 7.26. The fraction of sp³-hybridized carbons (Fsp3) is 0.381. The van der Waals surface area contributed by atoms with Gasteiger partial charge in [0.1, 0.15) is 5.82 Å². The molecule has 3 heterocycles. The third-order valence-electron chi connectivity index (χ3n) is 5.37. The minimum absolute atomic E-state index is 0.154. The molecule has 1 atom stereocenters. The number of piperidine rings is 1. The zero-order chi connectivity index (χ0) is 20.3. The van der Waals surface area contributed by atoms with Crippen LogP contribution in [0, 0.1) is 5.82 Å². The van der Waals surface area contributed by atoms with Gasteiger partial charge in [-0.25, -0.2) is 4.39 Å². The van der Waals surface area contributed by atoms with Gasteiger partial charge in [-0.3, -0.25) is 4.79 Å². The standard InChI is InChI=1S/C21H22FN3O4/c1-27-13-10-21(9-3-11-25(14-21)19(26)17-4-2-12-28-17)20-23-18(29-24-20)15-5-7-16(22)8-6-15/h2,4-8,12H,3,9-11,13-14H2,1H3. The molecule has 0 saturated carbocycles. The molecule has 0 N–H and O–H groups in total. The number of halogens is 1. The number of methoxy groups -OCH3 is 1. The number of ether oxygens (including phenoxy) is 1. The lowest BCUT2D eigenvalue weighted by Gasteiger charge is -2.40. The summed E-state index contributed by atoms with van der Waals surface area (Å²) in [6.07, 6.45) is 3.74. The number of hydrogen-bond donors (Lipinski definition) is 0. The van der Waals surface area contributed by atoms with Crippen LogP contribution < -0.4 is 0 Å². The molecule has 1 unspecified atom stereocenters. The molecular formula is C21H22FN3O4. The fourth-order valence-corrected chi connectivity index (χ4v) is 3.81. The maximum atomic E-state index is 13.2. The van der Waals surface area contributed by atoms with Crippen molar-refractivity contribution in [3.8, 4) is 11.5 Å². The van der Waals surface area contributed by atoms with Gasteiger partial charge < -0.3 is 18.6 Å². The van der Waals surface area contributed by atoms with E-state index in [9.17, 15) is 9.18 Å². The normalized spacial score (nSPS) is 19.4. The van der Waals surface area contributed by atoms with Crippen LogP contribution in [0.4, 0.5) is 4.39 Å². The number of likely N-dealkylation sites (tertiary alicyclic amines) is 1. The van der Waals surface area contributed by atoms with Crippen LogP contribution in [0.3, 0.4) is 0 Å². The van der Waals surface area contributed by atoms with E-state index >= 15 is 0 Å². The Balaban J connectivity index is 1.63. The van der Waals surface area contributed by atoms with Gasteiger partial charge in [-0.15, -0.1) is 0 Å². The molecule has 0 radical (unpaired) electrons. The van der Waals surface area contributed by atoms with Gasteiger partial charge in [0.05, 0.1) is 11.7 Å². The summed E-state index contributed by atoms with van der Waals surface area (Å²) < 4.78 is 29.3. The largest absolute Gasteiger partial charge is 0.459 e. The van der Waals surface area contributed by atoms with Gasteiger partial charge in [0, 0.05) is 32.4 Å². The van der Waals surface area contributed by atoms with Gasteiger partial charge in [-0.2, -0.15) is 4.98 Å². The van der Waals surface area contributed by atoms with Crippen LogP contribution in [-0.2, 0) is 10.2 Å². The van der Waals surface area contributed by atoms with Crippen molar-refractivity contribution in [1.29, 1.82) is 0 Å². The van der Waals surface area contributed by atoms with Crippen LogP contribution in [-0.4, -0.2) is 47.8 Å². The van der Waals surface area contributed by atoms with Crippen molar-refractivity contribution in [3.63, 3.8) is 0 Å². The zero-order valence-corrected chi connectivity index (χ0v) is 16.1. The predicted molar refractivity (Wildman–Crippen MR) is 102 cm³/mol. The van der Waals surface area contributed by atoms with Crippen LogP contribution in [0.15, 0.2) is 51.6 Å². The molecule has 8 heteroatoms. The first-order chi connectivity index (χ1) is 14.1. The van der Waals surface area contributed by atoms with E-state index in [2.05, 4.69) is 10.1 Å². The van der Waals surface area contributed by atoms with Gasteiger partial charge in [-0.05, 0) is 55.7 Å². The number of furan rings is 1. The van der Waals surface area contributed by atoms with Crippen molar-refractivity contribution in [2.75, 3.05) is 26.8 Å². The predicted octanol–water partition coefficient (Wildman–Crippen LogP) is 3.68. The summed E-state index contributed by atoms with van der Waals surface area (Å²) in [5, 5.41) is 4.22. The summed E-state index contributed by atoms with van der Waals surface area (Å²) in [5.41, 5.74) is 0.157. The van der Waals surface area contributed by atoms with E-state index in [0.29, 0.717) is 49.2 Å². The third-order valence-corrected chi connectivity index (χ3v) is 5.37. The van der Waals surface area contributed by atoms with Gasteiger partial charge in [0.15, 0.2) is 11.6 Å². The second-order valence-corrected chi connectivity index (χ2v) is 7.26. The summed E-state index contributed by atoms with van der Waals surface area (Å²) in [5.74, 6) is 0.688. The Bertz CT molecular complexity index is 955. The lowest BCUT2D eigenvalue weighted by Crippen LogP contribution is -2.49. The lowest BCUT2D eigenvalue weighted by molar-refractivity contribution is 0.0538. The molecular weight excluding hydrogens is 377 g/mol. The van der Waals surface area contributed by atoms with Crippen molar-refractivity contribution in [2.24, 2.45) is 0 Å². The summed E-state index contributed by atoms with van der Waals surface area (Å²) in [4.78, 5) is 19.2. The van der Waals surface area contributed by atoms with Crippen LogP contribution >= 0.6 is 0 Å². The summed E-state index contributed by atoms with van der Waals surface area (Å²) >= 11 is 0. The average Bonchev–Trinajstić information content (AvgIpc) is 3.45. The van der Waals surface area contributed by atoms with Crippen LogP contribution in [0.5, 0.6) is 0 Å². The highest BCUT2D eigenvalue weighted by atomic mass is 19.1. The second kappa shape index (κ2) is 8.16. The molecule has 1 saturated heterocycles. The van der Waals surface area contributed by atoms with Crippen molar-refractivity contribution in [3.05, 3.63) is 60.1 Å². The number of carbonyl (C=O) groups excluding carboxylic acids is 1. The maximum Gasteiger partial charge on any atom is 0.289 e. The number of benzene rings is 1. The minimum Gasteiger partial charge on any atom is -0.459 e. The van der Waals surface area contributed by atoms with E-state index < -0.39 is 5.41 Å². The molecule has 7 nitrogen and oxygen atoms in total. The summed E-state index contributed by atoms with van der Waals surface area (Å²) in [6, 6.07) is 9.26. The van der Waals surface area contributed by atoms with Crippen molar-refractivity contribution in [2.45, 2.75) is 24.7 Å². The highest BCUT2D eigenvalue weighted by Gasteiger charge is 2.42. The SMILES string of the molecule is COCCC1(c2noc(-c3ccc(F)cc3)n2)CCCN(C(=O)c2ccco2)C1. The van der Waals surface area contributed by atoms with Gasteiger partial charge in [0.2, 0.25) is 0 Å². The quantitative estimate of drug-likeness (QED) is 0.629. The average molecular weight is 399 g/mol. The smallest absolute Gasteiger partial charge is 0.289 e. The van der Waals surface area contributed by atoms with Gasteiger partial charge >= 0.3 is 0 Å². The number of hydrogen-bond acceptors (Lipinski definition) is 6. The lowest BCUT2D eigenvalue weighted by atomic mass is 9.76. The molecule has 1 aliphatic heterocycles. The minimum atomic E-state index is -0.488. The first-order valence-corrected chi connectivity index (χ1v) is 9.53. The highest BCUT2D eigenvalue weighted by Crippen LogP contribution is 2.37. The molecule has 1 fully saturated rings. The van der Waals surface area contributed by atoms with E-state index in [4.69, 9.17) is 13.7 Å². The Hall–Kier alpha value is -3.00. The topological polar surface area (TPSA) is 81.6 Å². The zero-order valence-electron chi connectivity index (χ0n) is 16.1. The van der Waals surface area contributed by atoms with E-state index in [-0.39, 0.29) is 11.7 Å². The Morgan fingerprint density at radius 1 is 1.31 bits per heavy atom. The Kier molecular flexibility index (Phi) is 5.44. The molecule has 29 heavy (non-hydrogen) atoms. The monoisotopic (exact) mass is 399 g/mol. The molecule has 3 aromatic rings. The van der Waals surface area contributed by atoms with Crippen molar-refractivity contribution >= 4 is 5.91 Å². The van der Waals surface area contributed by atoms with E-state index in [1.807, 2.05) is 0 Å². The van der Waals surface area contributed by atoms with E-state index in [1.165, 1.54) is 18.4 Å². The molecule has 1 aromatic carbocycles. The summed E-state index contributed by atoms with van der Waals surface area (Å²) in [7, 11) is 1.64. The Morgan fingerprint density at radius 2 is 2.14 bits per heavy atom. The number of carbonyl (C=O) groups is 1. The summed E-state index contributed by atoms with van der Waals surface area (Å²) in [6.45, 7) is 1.58. The van der Waals surface area contributed by atoms with Crippen LogP contribution in [0.25, 0.3) is 11.5 Å². The Labute approximate surface area is 167 Å². The van der Waals surface area contributed by atoms with Crippen LogP contribution in [0.1, 0.15) is 35.6 Å². The third kappa shape index (κ3) is 3.93. The maximum absolute atomic E-state index is 13.2. The number of rotatable bonds is 6. The molecule has 0 aliphatic carbocycles. The van der Waals surface area contributed by atoms with E-state index in [0.717, 1.165) is 12.8 Å². The number of aromatic nitrogens is 2. The fourth-order valence-electron chi connectivity index (χ4n) is 3.81. The Morgan fingerprint density at radius 3 is 2.86 bits per heavy atom. The van der Waals surface area contributed by atoms with E-state index in [1.54, 1.807) is 36.3 Å². The molecule has 152 valence electrons. The molecule has 0 bridgehead atoms. The molecule has 1 aliphatic rings. The molecule has 4 rings (SSSR count). The number of nitrogens with zero attached hydrogens (tertiary/aromatic N) is 3. The highest BCUT2D eigenvalue weighted by molar-refractivity contribution is 5.91.